The molecule has 0 fully saturated rings. The van der Waals surface area contributed by atoms with Crippen LogP contribution in [-0.2, 0) is 0 Å². The molecule has 5 heteroatoms. The van der Waals surface area contributed by atoms with Crippen LogP contribution >= 0.6 is 11.3 Å². The van der Waals surface area contributed by atoms with E-state index in [1.54, 1.807) is 35.6 Å². The number of hydrogen-bond donors (Lipinski definition) is 0. The average Bonchev–Trinajstić information content (AvgIpc) is 3.91. The zero-order valence-corrected chi connectivity index (χ0v) is 30.4. The van der Waals surface area contributed by atoms with Crippen LogP contribution in [0.5, 0.6) is 0 Å². The number of rotatable bonds is 6. The van der Waals surface area contributed by atoms with Crippen LogP contribution in [0.1, 0.15) is 8.22 Å². The molecule has 0 N–H and O–H groups in total. The first-order valence-electron chi connectivity index (χ1n) is 21.2. The normalized spacial score (nSPS) is 13.1. The molecule has 0 saturated carbocycles. The largest absolute Gasteiger partial charge is 0.456 e. The summed E-state index contributed by atoms with van der Waals surface area (Å²) in [7, 11) is 0. The lowest BCUT2D eigenvalue weighted by Gasteiger charge is -2.12. The van der Waals surface area contributed by atoms with Crippen molar-refractivity contribution in [2.45, 2.75) is 0 Å². The number of aromatic nitrogens is 3. The minimum absolute atomic E-state index is 0.0116. The number of hydrogen-bond acceptors (Lipinski definition) is 5. The quantitative estimate of drug-likeness (QED) is 0.170. The Kier molecular flexibility index (Phi) is 6.29. The smallest absolute Gasteiger partial charge is 0.164 e. The molecule has 0 atom stereocenters. The van der Waals surface area contributed by atoms with Crippen LogP contribution in [-0.4, -0.2) is 15.0 Å². The summed E-state index contributed by atoms with van der Waals surface area (Å²) in [4.78, 5) is 15.2. The van der Waals surface area contributed by atoms with Gasteiger partial charge < -0.3 is 4.42 Å². The maximum absolute atomic E-state index is 9.68. The van der Waals surface area contributed by atoms with Crippen LogP contribution in [0.4, 0.5) is 0 Å². The molecule has 11 aromatic rings. The number of benzene rings is 8. The molecular formula is C51H31N3OS. The van der Waals surface area contributed by atoms with Gasteiger partial charge in [0.05, 0.1) is 8.22 Å². The zero-order chi connectivity index (χ0) is 42.2. The third kappa shape index (κ3) is 5.56. The van der Waals surface area contributed by atoms with Gasteiger partial charge in [0.25, 0.3) is 0 Å². The summed E-state index contributed by atoms with van der Waals surface area (Å²) in [5, 5.41) is 2.37. The van der Waals surface area contributed by atoms with E-state index < -0.39 is 0 Å². The number of furan rings is 1. The van der Waals surface area contributed by atoms with Crippen LogP contribution in [0.2, 0.25) is 0 Å². The van der Waals surface area contributed by atoms with Gasteiger partial charge in [-0.15, -0.1) is 11.3 Å². The SMILES string of the molecule is [2H]c1c([2H])c(-c2ccccc2)c2c(oc3c([2H])c(-c4nc(-c5ccc(-c6ccccc6)cc5)nc(-c5cc(-c6ccccc6)cc6sc7ccccc7c56)n4)c([2H])c([2H])c32)c1[2H]. The Morgan fingerprint density at radius 1 is 0.411 bits per heavy atom. The van der Waals surface area contributed by atoms with Gasteiger partial charge in [-0.1, -0.05) is 152 Å². The summed E-state index contributed by atoms with van der Waals surface area (Å²) >= 11 is 1.68. The Bertz CT molecular complexity index is 3580. The van der Waals surface area contributed by atoms with Gasteiger partial charge in [-0.25, -0.2) is 15.0 Å². The Hall–Kier alpha value is -7.21. The first-order valence-corrected chi connectivity index (χ1v) is 19.0. The standard InChI is InChI=1S/C51H31N3OS/c1-4-13-32(14-5-1)34-23-25-36(26-24-34)49-52-50(37-27-28-40-44(30-37)55-43-21-12-20-39(47(40)43)35-17-8-3-9-18-35)54-51(53-49)42-29-38(33-15-6-2-7-16-33)31-46-48(42)41-19-10-11-22-45(41)56-46/h1-31H/i12D,20D,21D,27D,28D,30D. The summed E-state index contributed by atoms with van der Waals surface area (Å²) < 4.78 is 63.6. The van der Waals surface area contributed by atoms with E-state index in [-0.39, 0.29) is 69.6 Å². The molecular weight excluding hydrogens is 703 g/mol. The molecule has 0 aliphatic rings. The van der Waals surface area contributed by atoms with Gasteiger partial charge >= 0.3 is 0 Å². The molecule has 0 aliphatic carbocycles. The van der Waals surface area contributed by atoms with Gasteiger partial charge in [-0.2, -0.15) is 0 Å². The maximum Gasteiger partial charge on any atom is 0.164 e. The molecule has 3 heterocycles. The molecule has 0 aliphatic heterocycles. The van der Waals surface area contributed by atoms with E-state index in [9.17, 15) is 4.11 Å². The first-order chi connectivity index (χ1) is 30.2. The van der Waals surface area contributed by atoms with Crippen LogP contribution in [0, 0.1) is 0 Å². The van der Waals surface area contributed by atoms with Crippen molar-refractivity contribution in [1.29, 1.82) is 0 Å². The summed E-state index contributed by atoms with van der Waals surface area (Å²) in [6.45, 7) is 0. The minimum atomic E-state index is -0.338. The second-order valence-electron chi connectivity index (χ2n) is 13.5. The fraction of sp³-hybridized carbons (Fsp3) is 0. The fourth-order valence-corrected chi connectivity index (χ4v) is 8.56. The average molecular weight is 740 g/mol. The highest BCUT2D eigenvalue weighted by Crippen LogP contribution is 2.43. The summed E-state index contributed by atoms with van der Waals surface area (Å²) in [6, 6.07) is 47.9. The van der Waals surface area contributed by atoms with Crippen LogP contribution < -0.4 is 0 Å². The monoisotopic (exact) mass is 739 g/mol. The molecule has 0 spiro atoms. The molecule has 11 rings (SSSR count). The van der Waals surface area contributed by atoms with Gasteiger partial charge in [0.2, 0.25) is 0 Å². The Balaban J connectivity index is 1.21. The van der Waals surface area contributed by atoms with Crippen molar-refractivity contribution in [3.63, 3.8) is 0 Å². The second-order valence-corrected chi connectivity index (χ2v) is 14.6. The molecule has 262 valence electrons. The first kappa shape index (κ1) is 26.5. The lowest BCUT2D eigenvalue weighted by molar-refractivity contribution is 0.669. The predicted octanol–water partition coefficient (Wildman–Crippen LogP) is 14.1. The topological polar surface area (TPSA) is 51.8 Å². The highest BCUT2D eigenvalue weighted by molar-refractivity contribution is 7.26. The molecule has 56 heavy (non-hydrogen) atoms. The molecule has 3 aromatic heterocycles. The van der Waals surface area contributed by atoms with Crippen molar-refractivity contribution in [1.82, 2.24) is 15.0 Å². The predicted molar refractivity (Wildman–Crippen MR) is 233 cm³/mol. The summed E-state index contributed by atoms with van der Waals surface area (Å²) in [5.41, 5.74) is 6.26. The minimum Gasteiger partial charge on any atom is -0.456 e. The molecule has 0 saturated heterocycles. The number of thiophene rings is 1. The number of fused-ring (bicyclic) bond motifs is 6. The second kappa shape index (κ2) is 13.3. The van der Waals surface area contributed by atoms with Gasteiger partial charge in [0.15, 0.2) is 17.5 Å². The highest BCUT2D eigenvalue weighted by atomic mass is 32.1. The van der Waals surface area contributed by atoms with Crippen molar-refractivity contribution in [3.05, 3.63) is 188 Å². The molecule has 4 nitrogen and oxygen atoms in total. The summed E-state index contributed by atoms with van der Waals surface area (Å²) in [6.07, 6.45) is 0. The van der Waals surface area contributed by atoms with Gasteiger partial charge in [0, 0.05) is 47.6 Å². The van der Waals surface area contributed by atoms with Gasteiger partial charge in [0.1, 0.15) is 11.2 Å². The lowest BCUT2D eigenvalue weighted by atomic mass is 9.98. The molecule has 0 amide bonds. The van der Waals surface area contributed by atoms with Crippen molar-refractivity contribution in [2.24, 2.45) is 0 Å². The van der Waals surface area contributed by atoms with Gasteiger partial charge in [-0.05, 0) is 69.7 Å². The molecule has 8 aromatic carbocycles. The Labute approximate surface area is 335 Å². The lowest BCUT2D eigenvalue weighted by Crippen LogP contribution is -2.00. The maximum atomic E-state index is 9.68. The van der Waals surface area contributed by atoms with Crippen LogP contribution in [0.3, 0.4) is 0 Å². The third-order valence-corrected chi connectivity index (χ3v) is 11.2. The van der Waals surface area contributed by atoms with Crippen molar-refractivity contribution >= 4 is 53.4 Å². The zero-order valence-electron chi connectivity index (χ0n) is 35.6. The van der Waals surface area contributed by atoms with Crippen molar-refractivity contribution < 1.29 is 12.6 Å². The van der Waals surface area contributed by atoms with Crippen molar-refractivity contribution in [2.75, 3.05) is 0 Å². The highest BCUT2D eigenvalue weighted by Gasteiger charge is 2.20. The molecule has 0 bridgehead atoms. The molecule has 0 radical (unpaired) electrons. The van der Waals surface area contributed by atoms with Gasteiger partial charge in [-0.3, -0.25) is 0 Å². The van der Waals surface area contributed by atoms with Crippen LogP contribution in [0.25, 0.3) is 110 Å². The number of nitrogens with zero attached hydrogens (tertiary/aromatic N) is 3. The van der Waals surface area contributed by atoms with Crippen molar-refractivity contribution in [3.8, 4) is 67.5 Å². The Morgan fingerprint density at radius 3 is 1.77 bits per heavy atom. The molecule has 0 unspecified atom stereocenters. The van der Waals surface area contributed by atoms with Crippen LogP contribution in [0.15, 0.2) is 192 Å². The van der Waals surface area contributed by atoms with E-state index in [2.05, 4.69) is 36.4 Å². The van der Waals surface area contributed by atoms with E-state index in [4.69, 9.17) is 23.5 Å². The van der Waals surface area contributed by atoms with E-state index >= 15 is 0 Å². The van der Waals surface area contributed by atoms with E-state index in [1.165, 1.54) is 0 Å². The summed E-state index contributed by atoms with van der Waals surface area (Å²) in [5.74, 6) is 0.656. The van der Waals surface area contributed by atoms with E-state index in [0.29, 0.717) is 28.3 Å². The Morgan fingerprint density at radius 2 is 1.02 bits per heavy atom. The van der Waals surface area contributed by atoms with E-state index in [0.717, 1.165) is 48.0 Å². The third-order valence-electron chi connectivity index (χ3n) is 10.1. The van der Waals surface area contributed by atoms with E-state index in [1.807, 2.05) is 91.0 Å². The fourth-order valence-electron chi connectivity index (χ4n) is 7.39.